The van der Waals surface area contributed by atoms with Crippen molar-refractivity contribution in [1.82, 2.24) is 14.5 Å². The zero-order chi connectivity index (χ0) is 16.7. The van der Waals surface area contributed by atoms with Crippen molar-refractivity contribution in [2.24, 2.45) is 0 Å². The molecule has 0 saturated carbocycles. The first-order valence-corrected chi connectivity index (χ1v) is 8.03. The summed E-state index contributed by atoms with van der Waals surface area (Å²) >= 11 is 6.04. The first kappa shape index (κ1) is 17.5. The largest absolute Gasteiger partial charge is 0.383 e. The van der Waals surface area contributed by atoms with Crippen molar-refractivity contribution in [2.45, 2.75) is 26.4 Å². The number of halogens is 1. The van der Waals surface area contributed by atoms with E-state index in [0.29, 0.717) is 37.7 Å². The van der Waals surface area contributed by atoms with Crippen LogP contribution in [0.1, 0.15) is 24.7 Å². The predicted molar refractivity (Wildman–Crippen MR) is 90.4 cm³/mol. The van der Waals surface area contributed by atoms with Crippen LogP contribution in [0.5, 0.6) is 0 Å². The van der Waals surface area contributed by atoms with Crippen LogP contribution in [-0.4, -0.2) is 40.6 Å². The van der Waals surface area contributed by atoms with Gasteiger partial charge < -0.3 is 14.2 Å². The third-order valence-electron chi connectivity index (χ3n) is 3.60. The average molecular weight is 336 g/mol. The number of methoxy groups -OCH3 is 1. The fourth-order valence-electron chi connectivity index (χ4n) is 2.36. The summed E-state index contributed by atoms with van der Waals surface area (Å²) in [6.45, 7) is 4.09. The van der Waals surface area contributed by atoms with E-state index in [2.05, 4.69) is 4.98 Å². The highest BCUT2D eigenvalue weighted by molar-refractivity contribution is 6.30. The number of ether oxygens (including phenoxy) is 1. The Morgan fingerprint density at radius 2 is 2.26 bits per heavy atom. The van der Waals surface area contributed by atoms with Crippen LogP contribution >= 0.6 is 11.6 Å². The molecule has 0 unspecified atom stereocenters. The molecule has 23 heavy (non-hydrogen) atoms. The van der Waals surface area contributed by atoms with Gasteiger partial charge in [0.2, 0.25) is 5.91 Å². The van der Waals surface area contributed by atoms with Gasteiger partial charge in [-0.3, -0.25) is 4.79 Å². The minimum Gasteiger partial charge on any atom is -0.383 e. The number of hydrogen-bond donors (Lipinski definition) is 0. The van der Waals surface area contributed by atoms with E-state index < -0.39 is 0 Å². The molecule has 1 amide bonds. The van der Waals surface area contributed by atoms with Crippen molar-refractivity contribution in [3.05, 3.63) is 53.1 Å². The van der Waals surface area contributed by atoms with Gasteiger partial charge in [-0.25, -0.2) is 4.98 Å². The lowest BCUT2D eigenvalue weighted by molar-refractivity contribution is -0.132. The Morgan fingerprint density at radius 3 is 2.96 bits per heavy atom. The number of aromatic nitrogens is 2. The second kappa shape index (κ2) is 8.70. The van der Waals surface area contributed by atoms with Crippen LogP contribution in [0, 0.1) is 0 Å². The highest BCUT2D eigenvalue weighted by Gasteiger charge is 2.15. The number of carbonyl (C=O) groups is 1. The number of imidazole rings is 1. The summed E-state index contributed by atoms with van der Waals surface area (Å²) in [5.41, 5.74) is 1.10. The van der Waals surface area contributed by atoms with Crippen molar-refractivity contribution in [1.29, 1.82) is 0 Å². The highest BCUT2D eigenvalue weighted by atomic mass is 35.5. The zero-order valence-electron chi connectivity index (χ0n) is 13.5. The van der Waals surface area contributed by atoms with Crippen LogP contribution in [0.2, 0.25) is 5.02 Å². The van der Waals surface area contributed by atoms with Crippen LogP contribution in [-0.2, 0) is 22.6 Å². The van der Waals surface area contributed by atoms with Crippen LogP contribution in [0.3, 0.4) is 0 Å². The van der Waals surface area contributed by atoms with Gasteiger partial charge in [0, 0.05) is 44.0 Å². The minimum absolute atomic E-state index is 0.0966. The molecule has 5 nitrogen and oxygen atoms in total. The molecule has 2 rings (SSSR count). The number of hydrogen-bond acceptors (Lipinski definition) is 3. The SMILES string of the molecule is CCC(=O)N(CCOC)Cc1nccn1Cc1cccc(Cl)c1. The first-order chi connectivity index (χ1) is 11.1. The molecule has 2 aromatic rings. The third-order valence-corrected chi connectivity index (χ3v) is 3.83. The Morgan fingerprint density at radius 1 is 1.43 bits per heavy atom. The van der Waals surface area contributed by atoms with Crippen LogP contribution in [0.4, 0.5) is 0 Å². The van der Waals surface area contributed by atoms with Gasteiger partial charge in [-0.1, -0.05) is 30.7 Å². The fraction of sp³-hybridized carbons (Fsp3) is 0.412. The molecule has 0 bridgehead atoms. The topological polar surface area (TPSA) is 47.4 Å². The second-order valence-corrected chi connectivity index (χ2v) is 5.70. The Labute approximate surface area is 141 Å². The summed E-state index contributed by atoms with van der Waals surface area (Å²) in [4.78, 5) is 18.2. The van der Waals surface area contributed by atoms with Gasteiger partial charge in [0.25, 0.3) is 0 Å². The summed E-state index contributed by atoms with van der Waals surface area (Å²) in [7, 11) is 1.63. The van der Waals surface area contributed by atoms with Gasteiger partial charge in [-0.15, -0.1) is 0 Å². The molecule has 0 atom stereocenters. The number of carbonyl (C=O) groups excluding carboxylic acids is 1. The van der Waals surface area contributed by atoms with Crippen molar-refractivity contribution >= 4 is 17.5 Å². The molecule has 0 aliphatic carbocycles. The molecule has 0 spiro atoms. The summed E-state index contributed by atoms with van der Waals surface area (Å²) in [5, 5.41) is 0.715. The maximum Gasteiger partial charge on any atom is 0.222 e. The van der Waals surface area contributed by atoms with Gasteiger partial charge in [-0.2, -0.15) is 0 Å². The molecule has 0 radical (unpaired) electrons. The Balaban J connectivity index is 2.11. The average Bonchev–Trinajstić information content (AvgIpc) is 2.97. The van der Waals surface area contributed by atoms with Gasteiger partial charge in [0.1, 0.15) is 5.82 Å². The lowest BCUT2D eigenvalue weighted by atomic mass is 10.2. The summed E-state index contributed by atoms with van der Waals surface area (Å²) in [6.07, 6.45) is 4.14. The van der Waals surface area contributed by atoms with E-state index in [9.17, 15) is 4.79 Å². The number of amides is 1. The van der Waals surface area contributed by atoms with E-state index in [4.69, 9.17) is 16.3 Å². The molecule has 0 saturated heterocycles. The Bertz CT molecular complexity index is 642. The van der Waals surface area contributed by atoms with E-state index in [1.807, 2.05) is 42.0 Å². The van der Waals surface area contributed by atoms with Crippen LogP contribution in [0.15, 0.2) is 36.7 Å². The second-order valence-electron chi connectivity index (χ2n) is 5.26. The minimum atomic E-state index is 0.0966. The molecule has 1 aromatic heterocycles. The molecule has 1 heterocycles. The standard InChI is InChI=1S/C17H22ClN3O2/c1-3-17(22)21(9-10-23-2)13-16-19-7-8-20(16)12-14-5-4-6-15(18)11-14/h4-8,11H,3,9-10,12-13H2,1-2H3. The molecule has 1 aromatic carbocycles. The lowest BCUT2D eigenvalue weighted by Crippen LogP contribution is -2.34. The smallest absolute Gasteiger partial charge is 0.222 e. The molecular formula is C17H22ClN3O2. The molecule has 0 N–H and O–H groups in total. The van der Waals surface area contributed by atoms with Crippen LogP contribution in [0.25, 0.3) is 0 Å². The molecule has 0 aliphatic rings. The molecule has 124 valence electrons. The van der Waals surface area contributed by atoms with E-state index in [1.54, 1.807) is 18.2 Å². The summed E-state index contributed by atoms with van der Waals surface area (Å²) in [6, 6.07) is 7.74. The van der Waals surface area contributed by atoms with Crippen molar-refractivity contribution < 1.29 is 9.53 Å². The first-order valence-electron chi connectivity index (χ1n) is 7.65. The number of nitrogens with zero attached hydrogens (tertiary/aromatic N) is 3. The molecular weight excluding hydrogens is 314 g/mol. The van der Waals surface area contributed by atoms with Crippen molar-refractivity contribution in [3.8, 4) is 0 Å². The quantitative estimate of drug-likeness (QED) is 0.745. The Hall–Kier alpha value is -1.85. The Kier molecular flexibility index (Phi) is 6.62. The van der Waals surface area contributed by atoms with Crippen molar-refractivity contribution in [3.63, 3.8) is 0 Å². The predicted octanol–water partition coefficient (Wildman–Crippen LogP) is 2.97. The summed E-state index contributed by atoms with van der Waals surface area (Å²) in [5.74, 6) is 0.947. The monoisotopic (exact) mass is 335 g/mol. The van der Waals surface area contributed by atoms with Crippen LogP contribution < -0.4 is 0 Å². The maximum absolute atomic E-state index is 12.1. The zero-order valence-corrected chi connectivity index (χ0v) is 14.3. The van der Waals surface area contributed by atoms with Crippen molar-refractivity contribution in [2.75, 3.05) is 20.3 Å². The van der Waals surface area contributed by atoms with E-state index in [0.717, 1.165) is 11.4 Å². The van der Waals surface area contributed by atoms with Gasteiger partial charge >= 0.3 is 0 Å². The van der Waals surface area contributed by atoms with Gasteiger partial charge in [0.05, 0.1) is 13.2 Å². The molecule has 0 fully saturated rings. The molecule has 6 heteroatoms. The lowest BCUT2D eigenvalue weighted by Gasteiger charge is -2.22. The van der Waals surface area contributed by atoms with E-state index in [-0.39, 0.29) is 5.91 Å². The normalized spacial score (nSPS) is 10.7. The third kappa shape index (κ3) is 5.08. The number of rotatable bonds is 8. The fourth-order valence-corrected chi connectivity index (χ4v) is 2.57. The van der Waals surface area contributed by atoms with E-state index in [1.165, 1.54) is 0 Å². The molecule has 0 aliphatic heterocycles. The summed E-state index contributed by atoms with van der Waals surface area (Å²) < 4.78 is 7.13. The maximum atomic E-state index is 12.1. The van der Waals surface area contributed by atoms with Gasteiger partial charge in [-0.05, 0) is 17.7 Å². The van der Waals surface area contributed by atoms with Gasteiger partial charge in [0.15, 0.2) is 0 Å². The van der Waals surface area contributed by atoms with E-state index >= 15 is 0 Å². The number of benzene rings is 1. The highest BCUT2D eigenvalue weighted by Crippen LogP contribution is 2.13.